The van der Waals surface area contributed by atoms with Crippen LogP contribution in [0.15, 0.2) is 17.2 Å². The highest BCUT2D eigenvalue weighted by Crippen LogP contribution is 2.27. The van der Waals surface area contributed by atoms with Gasteiger partial charge >= 0.3 is 5.69 Å². The maximum absolute atomic E-state index is 11.3. The van der Waals surface area contributed by atoms with Gasteiger partial charge in [0.15, 0.2) is 5.65 Å². The van der Waals surface area contributed by atoms with E-state index in [-0.39, 0.29) is 5.69 Å². The molecule has 1 aliphatic rings. The van der Waals surface area contributed by atoms with E-state index in [1.807, 2.05) is 0 Å². The van der Waals surface area contributed by atoms with Gasteiger partial charge in [0.05, 0.1) is 0 Å². The number of rotatable bonds is 3. The Balaban J connectivity index is 1.66. The van der Waals surface area contributed by atoms with Gasteiger partial charge < -0.3 is 5.32 Å². The molecule has 2 aromatic rings. The number of nitrogens with zero attached hydrogens (tertiary/aromatic N) is 3. The predicted molar refractivity (Wildman–Crippen MR) is 73.7 cm³/mol. The summed E-state index contributed by atoms with van der Waals surface area (Å²) in [5, 5.41) is 9.90. The van der Waals surface area contributed by atoms with Gasteiger partial charge in [-0.05, 0) is 25.2 Å². The maximum Gasteiger partial charge on any atom is 0.348 e. The molecule has 0 radical (unpaired) electrons. The molecule has 0 aromatic carbocycles. The first-order chi connectivity index (χ1) is 9.22. The average molecular weight is 282 g/mol. The van der Waals surface area contributed by atoms with Gasteiger partial charge in [-0.15, -0.1) is 11.6 Å². The first-order valence-corrected chi connectivity index (χ1v) is 6.97. The Labute approximate surface area is 115 Å². The molecule has 2 heterocycles. The number of aromatic amines is 1. The fraction of sp³-hybridized carbons (Fsp3) is 0.583. The number of fused-ring (bicyclic) bond motifs is 1. The van der Waals surface area contributed by atoms with Gasteiger partial charge in [0.25, 0.3) is 0 Å². The van der Waals surface area contributed by atoms with Crippen molar-refractivity contribution in [1.82, 2.24) is 19.6 Å². The SMILES string of the molecule is O=c1[nH]nc2cc(NCC3CCCC(Cl)C3)ncn12. The lowest BCUT2D eigenvalue weighted by atomic mass is 9.89. The molecule has 19 heavy (non-hydrogen) atoms. The van der Waals surface area contributed by atoms with Crippen molar-refractivity contribution >= 4 is 23.1 Å². The molecule has 0 aliphatic heterocycles. The summed E-state index contributed by atoms with van der Waals surface area (Å²) in [6.45, 7) is 0.862. The number of anilines is 1. The van der Waals surface area contributed by atoms with Crippen molar-refractivity contribution in [2.45, 2.75) is 31.1 Å². The fourth-order valence-electron chi connectivity index (χ4n) is 2.57. The lowest BCUT2D eigenvalue weighted by Gasteiger charge is -2.25. The van der Waals surface area contributed by atoms with Gasteiger partial charge in [-0.3, -0.25) is 0 Å². The Morgan fingerprint density at radius 3 is 3.26 bits per heavy atom. The van der Waals surface area contributed by atoms with Crippen LogP contribution in [0, 0.1) is 5.92 Å². The van der Waals surface area contributed by atoms with E-state index in [1.54, 1.807) is 6.07 Å². The van der Waals surface area contributed by atoms with Gasteiger partial charge in [0.2, 0.25) is 0 Å². The Morgan fingerprint density at radius 2 is 2.42 bits per heavy atom. The first kappa shape index (κ1) is 12.5. The summed E-state index contributed by atoms with van der Waals surface area (Å²) in [6, 6.07) is 1.76. The van der Waals surface area contributed by atoms with E-state index in [9.17, 15) is 4.79 Å². The minimum Gasteiger partial charge on any atom is -0.370 e. The van der Waals surface area contributed by atoms with Crippen LogP contribution in [0.3, 0.4) is 0 Å². The van der Waals surface area contributed by atoms with Crippen LogP contribution in [0.25, 0.3) is 5.65 Å². The summed E-state index contributed by atoms with van der Waals surface area (Å²) in [7, 11) is 0. The normalized spacial score (nSPS) is 23.6. The number of aromatic nitrogens is 4. The maximum atomic E-state index is 11.3. The van der Waals surface area contributed by atoms with Crippen LogP contribution >= 0.6 is 11.6 Å². The van der Waals surface area contributed by atoms with Gasteiger partial charge in [-0.25, -0.2) is 19.3 Å². The molecule has 3 rings (SSSR count). The minimum atomic E-state index is -0.272. The number of nitrogens with one attached hydrogen (secondary N) is 2. The van der Waals surface area contributed by atoms with E-state index in [0.717, 1.165) is 25.2 Å². The molecule has 0 spiro atoms. The predicted octanol–water partition coefficient (Wildman–Crippen LogP) is 1.63. The van der Waals surface area contributed by atoms with Gasteiger partial charge in [0.1, 0.15) is 12.1 Å². The Kier molecular flexibility index (Phi) is 3.42. The van der Waals surface area contributed by atoms with Crippen molar-refractivity contribution in [2.75, 3.05) is 11.9 Å². The lowest BCUT2D eigenvalue weighted by molar-refractivity contribution is 0.378. The smallest absolute Gasteiger partial charge is 0.348 e. The first-order valence-electron chi connectivity index (χ1n) is 6.53. The number of hydrogen-bond donors (Lipinski definition) is 2. The van der Waals surface area contributed by atoms with Crippen molar-refractivity contribution in [3.8, 4) is 0 Å². The summed E-state index contributed by atoms with van der Waals surface area (Å²) in [6.07, 6.45) is 6.06. The number of alkyl halides is 1. The summed E-state index contributed by atoms with van der Waals surface area (Å²) >= 11 is 6.18. The van der Waals surface area contributed by atoms with Gasteiger partial charge in [-0.1, -0.05) is 6.42 Å². The van der Waals surface area contributed by atoms with Crippen molar-refractivity contribution in [2.24, 2.45) is 5.92 Å². The van der Waals surface area contributed by atoms with E-state index >= 15 is 0 Å². The van der Waals surface area contributed by atoms with Gasteiger partial charge in [0, 0.05) is 18.0 Å². The summed E-state index contributed by atoms with van der Waals surface area (Å²) < 4.78 is 1.38. The second kappa shape index (κ2) is 5.21. The molecule has 0 saturated heterocycles. The zero-order chi connectivity index (χ0) is 13.2. The fourth-order valence-corrected chi connectivity index (χ4v) is 2.97. The minimum absolute atomic E-state index is 0.272. The summed E-state index contributed by atoms with van der Waals surface area (Å²) in [5.74, 6) is 1.33. The number of halogens is 1. The van der Waals surface area contributed by atoms with Crippen LogP contribution in [-0.2, 0) is 0 Å². The van der Waals surface area contributed by atoms with E-state index in [0.29, 0.717) is 16.9 Å². The Morgan fingerprint density at radius 1 is 1.53 bits per heavy atom. The van der Waals surface area contributed by atoms with Crippen LogP contribution in [0.4, 0.5) is 5.82 Å². The third-order valence-electron chi connectivity index (χ3n) is 3.60. The second-order valence-corrected chi connectivity index (χ2v) is 5.66. The molecule has 2 N–H and O–H groups in total. The molecule has 0 bridgehead atoms. The van der Waals surface area contributed by atoms with Crippen LogP contribution in [-0.4, -0.2) is 31.5 Å². The molecular weight excluding hydrogens is 266 g/mol. The zero-order valence-electron chi connectivity index (χ0n) is 10.5. The van der Waals surface area contributed by atoms with Crippen molar-refractivity contribution in [1.29, 1.82) is 0 Å². The van der Waals surface area contributed by atoms with Crippen LogP contribution in [0.2, 0.25) is 0 Å². The molecular formula is C12H16ClN5O. The highest BCUT2D eigenvalue weighted by molar-refractivity contribution is 6.20. The van der Waals surface area contributed by atoms with E-state index in [4.69, 9.17) is 11.6 Å². The quantitative estimate of drug-likeness (QED) is 0.839. The van der Waals surface area contributed by atoms with Crippen molar-refractivity contribution in [3.63, 3.8) is 0 Å². The molecule has 102 valence electrons. The largest absolute Gasteiger partial charge is 0.370 e. The molecule has 1 aliphatic carbocycles. The second-order valence-electron chi connectivity index (χ2n) is 5.04. The van der Waals surface area contributed by atoms with Crippen LogP contribution in [0.1, 0.15) is 25.7 Å². The van der Waals surface area contributed by atoms with Crippen LogP contribution < -0.4 is 11.0 Å². The van der Waals surface area contributed by atoms with E-state index in [2.05, 4.69) is 20.5 Å². The molecule has 2 aromatic heterocycles. The third kappa shape index (κ3) is 2.73. The molecule has 2 atom stereocenters. The molecule has 2 unspecified atom stereocenters. The average Bonchev–Trinajstić information content (AvgIpc) is 2.78. The van der Waals surface area contributed by atoms with Gasteiger partial charge in [-0.2, -0.15) is 5.10 Å². The highest BCUT2D eigenvalue weighted by Gasteiger charge is 2.20. The lowest BCUT2D eigenvalue weighted by Crippen LogP contribution is -2.22. The highest BCUT2D eigenvalue weighted by atomic mass is 35.5. The van der Waals surface area contributed by atoms with E-state index in [1.165, 1.54) is 23.6 Å². The number of H-pyrrole nitrogens is 1. The molecule has 1 fully saturated rings. The number of hydrogen-bond acceptors (Lipinski definition) is 4. The zero-order valence-corrected chi connectivity index (χ0v) is 11.2. The Hall–Kier alpha value is -1.56. The standard InChI is InChI=1S/C12H16ClN5O/c13-9-3-1-2-8(4-9)6-14-10-5-11-16-17-12(19)18(11)7-15-10/h5,7-9,14H,1-4,6H2,(H,17,19). The molecule has 0 amide bonds. The molecule has 7 heteroatoms. The summed E-state index contributed by atoms with van der Waals surface area (Å²) in [4.78, 5) is 15.5. The van der Waals surface area contributed by atoms with E-state index < -0.39 is 0 Å². The topological polar surface area (TPSA) is 75.1 Å². The van der Waals surface area contributed by atoms with Crippen molar-refractivity contribution < 1.29 is 0 Å². The molecule has 1 saturated carbocycles. The molecule has 6 nitrogen and oxygen atoms in total. The monoisotopic (exact) mass is 281 g/mol. The van der Waals surface area contributed by atoms with Crippen molar-refractivity contribution in [3.05, 3.63) is 22.9 Å². The summed E-state index contributed by atoms with van der Waals surface area (Å²) in [5.41, 5.74) is 0.299. The van der Waals surface area contributed by atoms with Crippen LogP contribution in [0.5, 0.6) is 0 Å². The Bertz CT molecular complexity index is 622. The third-order valence-corrected chi connectivity index (χ3v) is 4.00.